The van der Waals surface area contributed by atoms with Crippen LogP contribution in [0.1, 0.15) is 18.4 Å². The molecule has 2 N–H and O–H groups in total. The van der Waals surface area contributed by atoms with Crippen LogP contribution in [0.2, 0.25) is 5.02 Å². The van der Waals surface area contributed by atoms with Crippen molar-refractivity contribution in [2.45, 2.75) is 25.8 Å². The Kier molecular flexibility index (Phi) is 7.82. The number of methoxy groups -OCH3 is 1. The molecule has 172 valence electrons. The third-order valence-electron chi connectivity index (χ3n) is 5.48. The lowest BCUT2D eigenvalue weighted by Gasteiger charge is -2.32. The van der Waals surface area contributed by atoms with Gasteiger partial charge in [-0.15, -0.1) is 0 Å². The molecular weight excluding hydrogens is 450 g/mol. The standard InChI is InChI=1S/C23H28ClN3O4S/c1-4-32(29,30)26-18-9-11-27(12-10-18)23(28)15-25-21-13-19(20(24)14-22(21)31-3)17-7-5-16(2)6-8-17/h4-8,13-14,18,25-26H,1,9-12,15H2,2-3H3. The first-order valence-electron chi connectivity index (χ1n) is 10.3. The number of halogens is 1. The van der Waals surface area contributed by atoms with E-state index in [9.17, 15) is 13.2 Å². The fourth-order valence-corrected chi connectivity index (χ4v) is 4.69. The van der Waals surface area contributed by atoms with Crippen molar-refractivity contribution >= 4 is 33.2 Å². The van der Waals surface area contributed by atoms with Gasteiger partial charge in [0.2, 0.25) is 15.9 Å². The Morgan fingerprint density at radius 1 is 1.25 bits per heavy atom. The Morgan fingerprint density at radius 2 is 1.91 bits per heavy atom. The highest BCUT2D eigenvalue weighted by atomic mass is 35.5. The quantitative estimate of drug-likeness (QED) is 0.604. The summed E-state index contributed by atoms with van der Waals surface area (Å²) < 4.78 is 31.3. The maximum atomic E-state index is 12.7. The molecule has 0 aliphatic carbocycles. The molecule has 1 aliphatic rings. The van der Waals surface area contributed by atoms with Crippen LogP contribution in [0.25, 0.3) is 11.1 Å². The van der Waals surface area contributed by atoms with Gasteiger partial charge in [-0.2, -0.15) is 0 Å². The van der Waals surface area contributed by atoms with Crippen molar-refractivity contribution in [3.63, 3.8) is 0 Å². The Bertz CT molecular complexity index is 1080. The highest BCUT2D eigenvalue weighted by molar-refractivity contribution is 7.92. The third-order valence-corrected chi connectivity index (χ3v) is 6.89. The molecule has 1 fully saturated rings. The molecule has 3 rings (SSSR count). The molecule has 1 aliphatic heterocycles. The summed E-state index contributed by atoms with van der Waals surface area (Å²) in [5.41, 5.74) is 3.65. The lowest BCUT2D eigenvalue weighted by molar-refractivity contribution is -0.130. The smallest absolute Gasteiger partial charge is 0.241 e. The number of carbonyl (C=O) groups excluding carboxylic acids is 1. The van der Waals surface area contributed by atoms with Gasteiger partial charge in [0.05, 0.1) is 24.4 Å². The van der Waals surface area contributed by atoms with E-state index in [4.69, 9.17) is 16.3 Å². The zero-order valence-electron chi connectivity index (χ0n) is 18.2. The number of aryl methyl sites for hydroxylation is 1. The van der Waals surface area contributed by atoms with E-state index >= 15 is 0 Å². The number of hydrogen-bond donors (Lipinski definition) is 2. The summed E-state index contributed by atoms with van der Waals surface area (Å²) in [5.74, 6) is 0.486. The zero-order chi connectivity index (χ0) is 23.3. The molecule has 1 heterocycles. The first-order chi connectivity index (χ1) is 15.2. The third kappa shape index (κ3) is 6.03. The van der Waals surface area contributed by atoms with Gasteiger partial charge in [-0.25, -0.2) is 13.1 Å². The van der Waals surface area contributed by atoms with Crippen LogP contribution in [0.5, 0.6) is 5.75 Å². The molecule has 1 saturated heterocycles. The van der Waals surface area contributed by atoms with Crippen LogP contribution in [0, 0.1) is 6.92 Å². The molecule has 2 aromatic rings. The second-order valence-electron chi connectivity index (χ2n) is 7.74. The Balaban J connectivity index is 1.65. The van der Waals surface area contributed by atoms with E-state index in [1.54, 1.807) is 18.1 Å². The van der Waals surface area contributed by atoms with Crippen molar-refractivity contribution < 1.29 is 17.9 Å². The summed E-state index contributed by atoms with van der Waals surface area (Å²) in [6, 6.07) is 11.5. The zero-order valence-corrected chi connectivity index (χ0v) is 19.8. The number of anilines is 1. The lowest BCUT2D eigenvalue weighted by Crippen LogP contribution is -2.47. The number of carbonyl (C=O) groups is 1. The summed E-state index contributed by atoms with van der Waals surface area (Å²) in [6.07, 6.45) is 1.11. The van der Waals surface area contributed by atoms with Crippen LogP contribution >= 0.6 is 11.6 Å². The molecule has 0 spiro atoms. The molecule has 0 bridgehead atoms. The van der Waals surface area contributed by atoms with Gasteiger partial charge in [0.1, 0.15) is 5.75 Å². The molecule has 0 unspecified atom stereocenters. The summed E-state index contributed by atoms with van der Waals surface area (Å²) in [5, 5.41) is 4.63. The highest BCUT2D eigenvalue weighted by Crippen LogP contribution is 2.37. The van der Waals surface area contributed by atoms with Crippen LogP contribution in [-0.2, 0) is 14.8 Å². The van der Waals surface area contributed by atoms with Gasteiger partial charge in [-0.3, -0.25) is 4.79 Å². The van der Waals surface area contributed by atoms with Gasteiger partial charge in [-0.05, 0) is 31.4 Å². The number of amides is 1. The first kappa shape index (κ1) is 24.1. The molecule has 32 heavy (non-hydrogen) atoms. The van der Waals surface area contributed by atoms with E-state index in [0.717, 1.165) is 22.1 Å². The van der Waals surface area contributed by atoms with Gasteiger partial charge < -0.3 is 15.0 Å². The topological polar surface area (TPSA) is 87.7 Å². The van der Waals surface area contributed by atoms with Crippen LogP contribution in [0.3, 0.4) is 0 Å². The molecule has 2 aromatic carbocycles. The number of ether oxygens (including phenoxy) is 1. The number of sulfonamides is 1. The van der Waals surface area contributed by atoms with Crippen molar-refractivity contribution in [2.75, 3.05) is 32.1 Å². The van der Waals surface area contributed by atoms with Crippen molar-refractivity contribution in [3.05, 3.63) is 59.0 Å². The predicted octanol–water partition coefficient (Wildman–Crippen LogP) is 3.79. The van der Waals surface area contributed by atoms with E-state index in [1.807, 2.05) is 37.3 Å². The maximum absolute atomic E-state index is 12.7. The monoisotopic (exact) mass is 477 g/mol. The molecule has 7 nitrogen and oxygen atoms in total. The molecule has 0 aromatic heterocycles. The van der Waals surface area contributed by atoms with Gasteiger partial charge in [0.25, 0.3) is 0 Å². The second-order valence-corrected chi connectivity index (χ2v) is 9.80. The minimum Gasteiger partial charge on any atom is -0.495 e. The van der Waals surface area contributed by atoms with Gasteiger partial charge in [0, 0.05) is 36.2 Å². The van der Waals surface area contributed by atoms with E-state index < -0.39 is 10.0 Å². The van der Waals surface area contributed by atoms with Crippen LogP contribution in [0.15, 0.2) is 48.4 Å². The number of piperidine rings is 1. The van der Waals surface area contributed by atoms with E-state index in [1.165, 1.54) is 0 Å². The number of nitrogens with one attached hydrogen (secondary N) is 2. The molecule has 0 atom stereocenters. The van der Waals surface area contributed by atoms with E-state index in [2.05, 4.69) is 16.6 Å². The molecule has 0 saturated carbocycles. The summed E-state index contributed by atoms with van der Waals surface area (Å²) >= 11 is 6.47. The minimum atomic E-state index is -3.47. The van der Waals surface area contributed by atoms with Crippen molar-refractivity contribution in [1.82, 2.24) is 9.62 Å². The number of rotatable bonds is 8. The van der Waals surface area contributed by atoms with Crippen LogP contribution in [0.4, 0.5) is 5.69 Å². The van der Waals surface area contributed by atoms with Gasteiger partial charge >= 0.3 is 0 Å². The maximum Gasteiger partial charge on any atom is 0.241 e. The highest BCUT2D eigenvalue weighted by Gasteiger charge is 2.25. The van der Waals surface area contributed by atoms with E-state index in [-0.39, 0.29) is 18.5 Å². The summed E-state index contributed by atoms with van der Waals surface area (Å²) in [4.78, 5) is 14.5. The van der Waals surface area contributed by atoms with Crippen molar-refractivity contribution in [3.8, 4) is 16.9 Å². The summed E-state index contributed by atoms with van der Waals surface area (Å²) in [6.45, 7) is 6.38. The number of likely N-dealkylation sites (tertiary alicyclic amines) is 1. The van der Waals surface area contributed by atoms with Gasteiger partial charge in [0.15, 0.2) is 0 Å². The number of nitrogens with zero attached hydrogens (tertiary/aromatic N) is 1. The van der Waals surface area contributed by atoms with Crippen molar-refractivity contribution in [1.29, 1.82) is 0 Å². The fourth-order valence-electron chi connectivity index (χ4n) is 3.63. The summed E-state index contributed by atoms with van der Waals surface area (Å²) in [7, 11) is -1.92. The largest absolute Gasteiger partial charge is 0.495 e. The molecule has 9 heteroatoms. The first-order valence-corrected chi connectivity index (χ1v) is 12.3. The van der Waals surface area contributed by atoms with Crippen LogP contribution < -0.4 is 14.8 Å². The Morgan fingerprint density at radius 3 is 2.50 bits per heavy atom. The fraction of sp³-hybridized carbons (Fsp3) is 0.348. The van der Waals surface area contributed by atoms with Crippen molar-refractivity contribution in [2.24, 2.45) is 0 Å². The van der Waals surface area contributed by atoms with Gasteiger partial charge in [-0.1, -0.05) is 48.0 Å². The minimum absolute atomic E-state index is 0.0658. The average molecular weight is 478 g/mol. The Labute approximate surface area is 194 Å². The second kappa shape index (κ2) is 10.4. The predicted molar refractivity (Wildman–Crippen MR) is 129 cm³/mol. The Hall–Kier alpha value is -2.55. The lowest BCUT2D eigenvalue weighted by atomic mass is 10.0. The average Bonchev–Trinajstić information content (AvgIpc) is 2.78. The normalized spacial score (nSPS) is 14.8. The molecule has 0 radical (unpaired) electrons. The molecular formula is C23H28ClN3O4S. The van der Waals surface area contributed by atoms with E-state index in [0.29, 0.717) is 42.4 Å². The number of hydrogen-bond acceptors (Lipinski definition) is 5. The number of benzene rings is 2. The SMILES string of the molecule is C=CS(=O)(=O)NC1CCN(C(=O)CNc2cc(-c3ccc(C)cc3)c(Cl)cc2OC)CC1. The molecule has 1 amide bonds. The van der Waals surface area contributed by atoms with Crippen LogP contribution in [-0.4, -0.2) is 52.0 Å².